The Labute approximate surface area is 167 Å². The molecular formula is C19H18N2O5S2. The summed E-state index contributed by atoms with van der Waals surface area (Å²) in [4.78, 5) is 37.7. The molecule has 0 aliphatic carbocycles. The van der Waals surface area contributed by atoms with Crippen molar-refractivity contribution in [1.82, 2.24) is 10.2 Å². The van der Waals surface area contributed by atoms with Crippen molar-refractivity contribution in [2.24, 2.45) is 0 Å². The molecular weight excluding hydrogens is 400 g/mol. The number of nitrogens with one attached hydrogen (secondary N) is 1. The van der Waals surface area contributed by atoms with E-state index in [-0.39, 0.29) is 18.7 Å². The average Bonchev–Trinajstić information content (AvgIpc) is 3.12. The van der Waals surface area contributed by atoms with Crippen LogP contribution in [0.5, 0.6) is 0 Å². The van der Waals surface area contributed by atoms with Crippen molar-refractivity contribution in [1.29, 1.82) is 0 Å². The standard InChI is InChI=1S/C19H18N2O5S2/c22-17(20-15-10-12-28(25,26)13-15)9-11-21-18(23)16(27-19(21)24)8-4-7-14-5-2-1-3-6-14/h1-8,10,12,15H,9,11,13H2,(H,20,22)/b7-4+,16-8+. The maximum absolute atomic E-state index is 12.4. The molecule has 146 valence electrons. The largest absolute Gasteiger partial charge is 0.349 e. The van der Waals surface area contributed by atoms with Gasteiger partial charge in [-0.2, -0.15) is 0 Å². The smallest absolute Gasteiger partial charge is 0.293 e. The Hall–Kier alpha value is -2.65. The monoisotopic (exact) mass is 418 g/mol. The molecule has 1 saturated heterocycles. The minimum atomic E-state index is -3.26. The summed E-state index contributed by atoms with van der Waals surface area (Å²) in [5, 5.41) is 3.21. The molecule has 0 aromatic heterocycles. The van der Waals surface area contributed by atoms with Crippen molar-refractivity contribution >= 4 is 44.7 Å². The molecule has 7 nitrogen and oxygen atoms in total. The van der Waals surface area contributed by atoms with Crippen molar-refractivity contribution in [2.75, 3.05) is 12.3 Å². The van der Waals surface area contributed by atoms with Crippen molar-refractivity contribution in [3.63, 3.8) is 0 Å². The lowest BCUT2D eigenvalue weighted by Gasteiger charge is -2.14. The fraction of sp³-hybridized carbons (Fsp3) is 0.211. The molecule has 0 spiro atoms. The Morgan fingerprint density at radius 3 is 2.68 bits per heavy atom. The van der Waals surface area contributed by atoms with Crippen molar-refractivity contribution in [2.45, 2.75) is 12.5 Å². The average molecular weight is 418 g/mol. The summed E-state index contributed by atoms with van der Waals surface area (Å²) in [6, 6.07) is 8.96. The second kappa shape index (κ2) is 8.57. The number of rotatable bonds is 6. The minimum Gasteiger partial charge on any atom is -0.349 e. The van der Waals surface area contributed by atoms with Gasteiger partial charge in [0.05, 0.1) is 16.7 Å². The molecule has 0 saturated carbocycles. The molecule has 3 rings (SSSR count). The maximum atomic E-state index is 12.4. The summed E-state index contributed by atoms with van der Waals surface area (Å²) in [5.41, 5.74) is 0.970. The van der Waals surface area contributed by atoms with Gasteiger partial charge in [0.1, 0.15) is 0 Å². The Kier molecular flexibility index (Phi) is 6.15. The molecule has 0 radical (unpaired) electrons. The molecule has 1 unspecified atom stereocenters. The summed E-state index contributed by atoms with van der Waals surface area (Å²) in [5.74, 6) is -1.03. The van der Waals surface area contributed by atoms with Gasteiger partial charge in [0, 0.05) is 18.4 Å². The fourth-order valence-electron chi connectivity index (χ4n) is 2.68. The van der Waals surface area contributed by atoms with Crippen molar-refractivity contribution < 1.29 is 22.8 Å². The molecule has 2 heterocycles. The highest BCUT2D eigenvalue weighted by Crippen LogP contribution is 2.30. The number of benzene rings is 1. The first kappa shape index (κ1) is 20.1. The van der Waals surface area contributed by atoms with Crippen LogP contribution in [0.1, 0.15) is 12.0 Å². The van der Waals surface area contributed by atoms with E-state index in [2.05, 4.69) is 5.32 Å². The van der Waals surface area contributed by atoms with Crippen LogP contribution in [0.3, 0.4) is 0 Å². The Morgan fingerprint density at radius 2 is 2.00 bits per heavy atom. The highest BCUT2D eigenvalue weighted by Gasteiger charge is 2.34. The van der Waals surface area contributed by atoms with E-state index in [0.29, 0.717) is 4.91 Å². The predicted octanol–water partition coefficient (Wildman–Crippen LogP) is 2.10. The SMILES string of the molecule is O=C(CCN1C(=O)S/C(=C/C=C/c2ccccc2)C1=O)NC1C=CS(=O)(=O)C1. The number of thioether (sulfide) groups is 1. The molecule has 0 bridgehead atoms. The van der Waals surface area contributed by atoms with Gasteiger partial charge in [0.15, 0.2) is 9.84 Å². The number of carbonyl (C=O) groups is 3. The number of imide groups is 1. The van der Waals surface area contributed by atoms with Crippen LogP contribution in [0, 0.1) is 0 Å². The molecule has 1 fully saturated rings. The molecule has 1 aromatic carbocycles. The van der Waals surface area contributed by atoms with Crippen molar-refractivity contribution in [3.05, 3.63) is 64.4 Å². The van der Waals surface area contributed by atoms with Gasteiger partial charge in [-0.15, -0.1) is 0 Å². The van der Waals surface area contributed by atoms with E-state index in [9.17, 15) is 22.8 Å². The van der Waals surface area contributed by atoms with E-state index in [1.54, 1.807) is 12.2 Å². The third-order valence-corrected chi connectivity index (χ3v) is 6.37. The topological polar surface area (TPSA) is 101 Å². The van der Waals surface area contributed by atoms with Crippen molar-refractivity contribution in [3.8, 4) is 0 Å². The first-order valence-corrected chi connectivity index (χ1v) is 11.0. The molecule has 3 amide bonds. The van der Waals surface area contributed by atoms with Gasteiger partial charge in [0.25, 0.3) is 11.1 Å². The first-order valence-electron chi connectivity index (χ1n) is 8.51. The first-order chi connectivity index (χ1) is 13.3. The van der Waals surface area contributed by atoms with Crippen LogP contribution in [0.2, 0.25) is 0 Å². The van der Waals surface area contributed by atoms with E-state index in [1.807, 2.05) is 36.4 Å². The lowest BCUT2D eigenvalue weighted by molar-refractivity contribution is -0.124. The Bertz CT molecular complexity index is 981. The van der Waals surface area contributed by atoms with E-state index in [4.69, 9.17) is 0 Å². The van der Waals surface area contributed by atoms with Crippen LogP contribution in [0.25, 0.3) is 6.08 Å². The van der Waals surface area contributed by atoms with E-state index in [0.717, 1.165) is 27.6 Å². The predicted molar refractivity (Wildman–Crippen MR) is 108 cm³/mol. The molecule has 9 heteroatoms. The zero-order valence-electron chi connectivity index (χ0n) is 14.8. The van der Waals surface area contributed by atoms with Crippen LogP contribution in [-0.4, -0.2) is 48.7 Å². The number of carbonyl (C=O) groups excluding carboxylic acids is 3. The second-order valence-corrected chi connectivity index (χ2v) is 9.13. The van der Waals surface area contributed by atoms with Gasteiger partial charge >= 0.3 is 0 Å². The highest BCUT2D eigenvalue weighted by molar-refractivity contribution is 8.18. The van der Waals surface area contributed by atoms with Gasteiger partial charge in [-0.3, -0.25) is 19.3 Å². The lowest BCUT2D eigenvalue weighted by Crippen LogP contribution is -2.38. The molecule has 1 N–H and O–H groups in total. The lowest BCUT2D eigenvalue weighted by atomic mass is 10.2. The zero-order valence-corrected chi connectivity index (χ0v) is 16.4. The molecule has 1 atom stereocenters. The summed E-state index contributed by atoms with van der Waals surface area (Å²) in [7, 11) is -3.26. The van der Waals surface area contributed by atoms with Crippen LogP contribution in [0.15, 0.2) is 58.9 Å². The summed E-state index contributed by atoms with van der Waals surface area (Å²) in [6.45, 7) is -0.0561. The van der Waals surface area contributed by atoms with Crippen LogP contribution in [-0.2, 0) is 19.4 Å². The molecule has 1 aromatic rings. The molecule has 2 aliphatic rings. The van der Waals surface area contributed by atoms with Crippen LogP contribution >= 0.6 is 11.8 Å². The maximum Gasteiger partial charge on any atom is 0.293 e. The second-order valence-electron chi connectivity index (χ2n) is 6.21. The van der Waals surface area contributed by atoms with Gasteiger partial charge in [-0.05, 0) is 29.5 Å². The normalized spacial score (nSPS) is 22.5. The summed E-state index contributed by atoms with van der Waals surface area (Å²) < 4.78 is 22.7. The number of hydrogen-bond donors (Lipinski definition) is 1. The third kappa shape index (κ3) is 5.20. The molecule has 28 heavy (non-hydrogen) atoms. The zero-order chi connectivity index (χ0) is 20.1. The van der Waals surface area contributed by atoms with Gasteiger partial charge in [0.2, 0.25) is 5.91 Å². The highest BCUT2D eigenvalue weighted by atomic mass is 32.2. The minimum absolute atomic E-state index is 0.0561. The number of allylic oxidation sites excluding steroid dienone is 2. The Balaban J connectivity index is 1.52. The van der Waals surface area contributed by atoms with E-state index in [1.165, 1.54) is 6.08 Å². The van der Waals surface area contributed by atoms with E-state index < -0.39 is 32.9 Å². The number of hydrogen-bond acceptors (Lipinski definition) is 6. The van der Waals surface area contributed by atoms with E-state index >= 15 is 0 Å². The van der Waals surface area contributed by atoms with Gasteiger partial charge in [-0.1, -0.05) is 42.5 Å². The van der Waals surface area contributed by atoms with Gasteiger partial charge in [-0.25, -0.2) is 8.42 Å². The number of amides is 3. The third-order valence-electron chi connectivity index (χ3n) is 4.05. The molecule has 2 aliphatic heterocycles. The number of sulfone groups is 1. The number of nitrogens with zero attached hydrogens (tertiary/aromatic N) is 1. The van der Waals surface area contributed by atoms with Crippen LogP contribution in [0.4, 0.5) is 4.79 Å². The van der Waals surface area contributed by atoms with Gasteiger partial charge < -0.3 is 5.32 Å². The summed E-state index contributed by atoms with van der Waals surface area (Å²) in [6.07, 6.45) is 6.42. The summed E-state index contributed by atoms with van der Waals surface area (Å²) >= 11 is 0.826. The van der Waals surface area contributed by atoms with Crippen LogP contribution < -0.4 is 5.32 Å². The quantitative estimate of drug-likeness (QED) is 0.710. The fourth-order valence-corrected chi connectivity index (χ4v) is 4.73. The Morgan fingerprint density at radius 1 is 1.25 bits per heavy atom.